The Morgan fingerprint density at radius 2 is 1.43 bits per heavy atom. The minimum Gasteiger partial charge on any atom is -0.368 e. The molecule has 1 fully saturated rings. The van der Waals surface area contributed by atoms with Crippen molar-refractivity contribution in [2.24, 2.45) is 0 Å². The second kappa shape index (κ2) is 8.33. The maximum atomic E-state index is 12.8. The zero-order valence-corrected chi connectivity index (χ0v) is 17.3. The van der Waals surface area contributed by atoms with Gasteiger partial charge in [-0.05, 0) is 36.4 Å². The van der Waals surface area contributed by atoms with E-state index in [1.807, 2.05) is 29.2 Å². The molecular weight excluding hydrogens is 429 g/mol. The Hall–Kier alpha value is -3.10. The van der Waals surface area contributed by atoms with Gasteiger partial charge in [0.15, 0.2) is 0 Å². The predicted molar refractivity (Wildman–Crippen MR) is 117 cm³/mol. The molecule has 10 heteroatoms. The van der Waals surface area contributed by atoms with Crippen molar-refractivity contribution in [1.29, 1.82) is 0 Å². The van der Waals surface area contributed by atoms with Gasteiger partial charge in [-0.2, -0.15) is 9.78 Å². The third-order valence-corrected chi connectivity index (χ3v) is 5.63. The van der Waals surface area contributed by atoms with Crippen LogP contribution in [0.2, 0.25) is 10.0 Å². The van der Waals surface area contributed by atoms with Crippen LogP contribution in [0.25, 0.3) is 5.69 Å². The first kappa shape index (κ1) is 20.2. The van der Waals surface area contributed by atoms with Crippen LogP contribution in [0.5, 0.6) is 0 Å². The zero-order chi connectivity index (χ0) is 21.3. The summed E-state index contributed by atoms with van der Waals surface area (Å²) in [4.78, 5) is 27.3. The monoisotopic (exact) mass is 445 g/mol. The van der Waals surface area contributed by atoms with E-state index < -0.39 is 10.5 Å². The van der Waals surface area contributed by atoms with Gasteiger partial charge in [0.05, 0.1) is 22.5 Å². The Morgan fingerprint density at radius 3 is 2.03 bits per heavy atom. The van der Waals surface area contributed by atoms with E-state index in [0.29, 0.717) is 29.5 Å². The average molecular weight is 446 g/mol. The standard InChI is InChI=1S/C20H17Cl2N5O3/c21-14-1-3-15(4-2-14)24-9-11-25(12-10-24)18-13-23-26(20(28)19(18)22)16-5-7-17(8-6-16)27(29)30/h1-8,13H,9-12H2. The Labute approximate surface area is 182 Å². The number of piperazine rings is 1. The van der Waals surface area contributed by atoms with E-state index in [9.17, 15) is 14.9 Å². The number of aromatic nitrogens is 2. The van der Waals surface area contributed by atoms with E-state index in [4.69, 9.17) is 23.2 Å². The number of nitro benzene ring substituents is 1. The van der Waals surface area contributed by atoms with Gasteiger partial charge in [-0.1, -0.05) is 23.2 Å². The fourth-order valence-corrected chi connectivity index (χ4v) is 3.78. The highest BCUT2D eigenvalue weighted by molar-refractivity contribution is 6.33. The van der Waals surface area contributed by atoms with Crippen LogP contribution in [-0.2, 0) is 0 Å². The third-order valence-electron chi connectivity index (χ3n) is 5.02. The smallest absolute Gasteiger partial charge is 0.292 e. The highest BCUT2D eigenvalue weighted by atomic mass is 35.5. The molecule has 154 valence electrons. The Balaban J connectivity index is 1.52. The molecular formula is C20H17Cl2N5O3. The molecule has 0 spiro atoms. The number of rotatable bonds is 4. The van der Waals surface area contributed by atoms with Crippen LogP contribution in [-0.4, -0.2) is 40.9 Å². The van der Waals surface area contributed by atoms with Gasteiger partial charge in [0.1, 0.15) is 5.02 Å². The van der Waals surface area contributed by atoms with E-state index in [1.54, 1.807) is 6.20 Å². The minimum atomic E-state index is -0.500. The normalized spacial score (nSPS) is 14.1. The molecule has 0 saturated carbocycles. The highest BCUT2D eigenvalue weighted by Crippen LogP contribution is 2.25. The summed E-state index contributed by atoms with van der Waals surface area (Å²) >= 11 is 12.3. The van der Waals surface area contributed by atoms with Crippen molar-refractivity contribution in [3.8, 4) is 5.69 Å². The largest absolute Gasteiger partial charge is 0.368 e. The molecule has 0 N–H and O–H groups in total. The summed E-state index contributed by atoms with van der Waals surface area (Å²) in [5, 5.41) is 15.8. The summed E-state index contributed by atoms with van der Waals surface area (Å²) in [6.45, 7) is 2.91. The summed E-state index contributed by atoms with van der Waals surface area (Å²) in [6, 6.07) is 13.3. The van der Waals surface area contributed by atoms with Crippen molar-refractivity contribution in [3.63, 3.8) is 0 Å². The van der Waals surface area contributed by atoms with Crippen molar-refractivity contribution in [3.05, 3.63) is 85.2 Å². The lowest BCUT2D eigenvalue weighted by atomic mass is 10.2. The Morgan fingerprint density at radius 1 is 0.867 bits per heavy atom. The first-order chi connectivity index (χ1) is 14.4. The van der Waals surface area contributed by atoms with E-state index >= 15 is 0 Å². The molecule has 0 radical (unpaired) electrons. The van der Waals surface area contributed by atoms with Crippen molar-refractivity contribution >= 4 is 40.3 Å². The van der Waals surface area contributed by atoms with Crippen molar-refractivity contribution in [2.75, 3.05) is 36.0 Å². The summed E-state index contributed by atoms with van der Waals surface area (Å²) in [5.41, 5.74) is 1.55. The van der Waals surface area contributed by atoms with Gasteiger partial charge in [0.25, 0.3) is 11.2 Å². The Kier molecular flexibility index (Phi) is 5.61. The van der Waals surface area contributed by atoms with Crippen LogP contribution < -0.4 is 15.4 Å². The first-order valence-corrected chi connectivity index (χ1v) is 9.98. The van der Waals surface area contributed by atoms with Gasteiger partial charge >= 0.3 is 0 Å². The number of hydrogen-bond acceptors (Lipinski definition) is 6. The van der Waals surface area contributed by atoms with Crippen molar-refractivity contribution in [1.82, 2.24) is 9.78 Å². The van der Waals surface area contributed by atoms with E-state index in [1.165, 1.54) is 24.3 Å². The zero-order valence-electron chi connectivity index (χ0n) is 15.7. The molecule has 0 bridgehead atoms. The van der Waals surface area contributed by atoms with Crippen molar-refractivity contribution < 1.29 is 4.92 Å². The quantitative estimate of drug-likeness (QED) is 0.448. The van der Waals surface area contributed by atoms with Gasteiger partial charge in [-0.25, -0.2) is 0 Å². The third kappa shape index (κ3) is 3.96. The van der Waals surface area contributed by atoms with Crippen LogP contribution in [0.4, 0.5) is 17.1 Å². The number of benzene rings is 2. The highest BCUT2D eigenvalue weighted by Gasteiger charge is 2.22. The maximum Gasteiger partial charge on any atom is 0.292 e. The van der Waals surface area contributed by atoms with E-state index in [0.717, 1.165) is 23.5 Å². The van der Waals surface area contributed by atoms with Crippen LogP contribution in [0.15, 0.2) is 59.5 Å². The van der Waals surface area contributed by atoms with Crippen molar-refractivity contribution in [2.45, 2.75) is 0 Å². The number of halogens is 2. The predicted octanol–water partition coefficient (Wildman–Crippen LogP) is 3.77. The summed E-state index contributed by atoms with van der Waals surface area (Å²) in [5.74, 6) is 0. The van der Waals surface area contributed by atoms with Gasteiger partial charge in [-0.15, -0.1) is 0 Å². The fraction of sp³-hybridized carbons (Fsp3) is 0.200. The van der Waals surface area contributed by atoms with E-state index in [-0.39, 0.29) is 10.7 Å². The van der Waals surface area contributed by atoms with Gasteiger partial charge < -0.3 is 9.80 Å². The van der Waals surface area contributed by atoms with Gasteiger partial charge in [0.2, 0.25) is 0 Å². The number of non-ortho nitro benzene ring substituents is 1. The lowest BCUT2D eigenvalue weighted by Gasteiger charge is -2.37. The molecule has 0 unspecified atom stereocenters. The van der Waals surface area contributed by atoms with E-state index in [2.05, 4.69) is 10.00 Å². The second-order valence-electron chi connectivity index (χ2n) is 6.78. The molecule has 1 saturated heterocycles. The number of nitrogens with zero attached hydrogens (tertiary/aromatic N) is 5. The topological polar surface area (TPSA) is 84.5 Å². The Bertz CT molecular complexity index is 1120. The molecule has 2 aromatic carbocycles. The molecule has 0 amide bonds. The first-order valence-electron chi connectivity index (χ1n) is 9.22. The van der Waals surface area contributed by atoms with Gasteiger partial charge in [-0.3, -0.25) is 14.9 Å². The number of hydrogen-bond donors (Lipinski definition) is 0. The lowest BCUT2D eigenvalue weighted by molar-refractivity contribution is -0.384. The molecule has 1 aliphatic rings. The number of nitro groups is 1. The SMILES string of the molecule is O=c1c(Cl)c(N2CCN(c3ccc(Cl)cc3)CC2)cnn1-c1ccc([N+](=O)[O-])cc1. The fourth-order valence-electron chi connectivity index (χ4n) is 3.40. The number of anilines is 2. The molecule has 0 aliphatic carbocycles. The van der Waals surface area contributed by atoms with Crippen LogP contribution in [0.3, 0.4) is 0 Å². The molecule has 1 aliphatic heterocycles. The minimum absolute atomic E-state index is 0.0620. The average Bonchev–Trinajstić information content (AvgIpc) is 2.76. The molecule has 30 heavy (non-hydrogen) atoms. The molecule has 8 nitrogen and oxygen atoms in total. The van der Waals surface area contributed by atoms with Crippen LogP contribution >= 0.6 is 23.2 Å². The van der Waals surface area contributed by atoms with Gasteiger partial charge in [0, 0.05) is 49.0 Å². The summed E-state index contributed by atoms with van der Waals surface area (Å²) < 4.78 is 1.14. The molecule has 1 aromatic heterocycles. The lowest BCUT2D eigenvalue weighted by Crippen LogP contribution is -2.47. The summed E-state index contributed by atoms with van der Waals surface area (Å²) in [7, 11) is 0. The molecule has 2 heterocycles. The molecule has 4 rings (SSSR count). The second-order valence-corrected chi connectivity index (χ2v) is 7.60. The summed E-state index contributed by atoms with van der Waals surface area (Å²) in [6.07, 6.45) is 1.56. The van der Waals surface area contributed by atoms with Crippen LogP contribution in [0.1, 0.15) is 0 Å². The molecule has 3 aromatic rings. The van der Waals surface area contributed by atoms with Crippen LogP contribution in [0, 0.1) is 10.1 Å². The molecule has 0 atom stereocenters. The maximum absolute atomic E-state index is 12.8.